The molecule has 0 aliphatic rings. The first-order chi connectivity index (χ1) is 18.2. The number of amides is 2. The Balaban J connectivity index is 2.05. The first-order valence-corrected chi connectivity index (χ1v) is 14.5. The summed E-state index contributed by atoms with van der Waals surface area (Å²) in [7, 11) is -4.15. The van der Waals surface area contributed by atoms with Crippen LogP contribution >= 0.6 is 23.2 Å². The molecule has 202 valence electrons. The van der Waals surface area contributed by atoms with Gasteiger partial charge >= 0.3 is 0 Å². The second kappa shape index (κ2) is 13.6. The smallest absolute Gasteiger partial charge is 0.264 e. The van der Waals surface area contributed by atoms with Gasteiger partial charge < -0.3 is 10.2 Å². The Morgan fingerprint density at radius 2 is 1.61 bits per heavy atom. The van der Waals surface area contributed by atoms with Crippen LogP contribution in [0.25, 0.3) is 0 Å². The molecule has 0 fully saturated rings. The maximum atomic E-state index is 13.9. The second-order valence-corrected chi connectivity index (χ2v) is 11.3. The van der Waals surface area contributed by atoms with Crippen molar-refractivity contribution in [3.63, 3.8) is 0 Å². The number of carbonyl (C=O) groups excluding carboxylic acids is 2. The van der Waals surface area contributed by atoms with Gasteiger partial charge in [0.05, 0.1) is 10.6 Å². The van der Waals surface area contributed by atoms with E-state index >= 15 is 0 Å². The van der Waals surface area contributed by atoms with Gasteiger partial charge in [-0.3, -0.25) is 13.9 Å². The fourth-order valence-corrected chi connectivity index (χ4v) is 5.78. The van der Waals surface area contributed by atoms with Gasteiger partial charge in [0.2, 0.25) is 11.8 Å². The number of sulfonamides is 1. The van der Waals surface area contributed by atoms with E-state index in [1.807, 2.05) is 6.92 Å². The zero-order chi connectivity index (χ0) is 27.7. The molecule has 3 rings (SSSR count). The van der Waals surface area contributed by atoms with Crippen molar-refractivity contribution in [1.82, 2.24) is 10.2 Å². The summed E-state index contributed by atoms with van der Waals surface area (Å²) in [5, 5.41) is 3.62. The minimum atomic E-state index is -4.15. The second-order valence-electron chi connectivity index (χ2n) is 8.63. The highest BCUT2D eigenvalue weighted by atomic mass is 35.5. The normalized spacial score (nSPS) is 12.0. The Morgan fingerprint density at radius 3 is 2.24 bits per heavy atom. The van der Waals surface area contributed by atoms with Crippen molar-refractivity contribution in [2.45, 2.75) is 44.2 Å². The molecule has 3 aromatic carbocycles. The first kappa shape index (κ1) is 29.5. The average molecular weight is 577 g/mol. The van der Waals surface area contributed by atoms with E-state index in [-0.39, 0.29) is 23.0 Å². The molecule has 1 N–H and O–H groups in total. The zero-order valence-corrected chi connectivity index (χ0v) is 23.6. The van der Waals surface area contributed by atoms with Gasteiger partial charge in [-0.25, -0.2) is 8.42 Å². The van der Waals surface area contributed by atoms with Gasteiger partial charge in [-0.2, -0.15) is 0 Å². The maximum absolute atomic E-state index is 13.9. The highest BCUT2D eigenvalue weighted by molar-refractivity contribution is 7.92. The van der Waals surface area contributed by atoms with Gasteiger partial charge in [0.25, 0.3) is 10.0 Å². The van der Waals surface area contributed by atoms with Crippen LogP contribution in [-0.2, 0) is 26.2 Å². The number of rotatable bonds is 12. The quantitative estimate of drug-likeness (QED) is 0.308. The summed E-state index contributed by atoms with van der Waals surface area (Å²) in [6, 6.07) is 20.4. The lowest BCUT2D eigenvalue weighted by Gasteiger charge is -2.33. The number of hydrogen-bond donors (Lipinski definition) is 1. The Bertz CT molecular complexity index is 1350. The maximum Gasteiger partial charge on any atom is 0.264 e. The number of nitrogens with zero attached hydrogens (tertiary/aromatic N) is 2. The van der Waals surface area contributed by atoms with Crippen molar-refractivity contribution >= 4 is 50.7 Å². The fourth-order valence-electron chi connectivity index (χ4n) is 3.98. The summed E-state index contributed by atoms with van der Waals surface area (Å²) in [4.78, 5) is 28.5. The third-order valence-corrected chi connectivity index (χ3v) is 8.33. The third kappa shape index (κ3) is 7.28. The van der Waals surface area contributed by atoms with Crippen LogP contribution in [0.1, 0.15) is 32.3 Å². The molecule has 7 nitrogen and oxygen atoms in total. The standard InChI is InChI=1S/C28H31Cl2N3O4S/c1-3-17-31-28(35)26(4-2)32(19-21-11-8-9-16-25(21)30)27(34)20-33(23-13-10-12-22(29)18-23)38(36,37)24-14-6-5-7-15-24/h5-16,18,26H,3-4,17,19-20H2,1-2H3,(H,31,35)/t26-/m1/s1. The molecule has 0 unspecified atom stereocenters. The molecular weight excluding hydrogens is 545 g/mol. The van der Waals surface area contributed by atoms with Gasteiger partial charge in [-0.1, -0.05) is 79.5 Å². The van der Waals surface area contributed by atoms with E-state index in [1.54, 1.807) is 67.6 Å². The van der Waals surface area contributed by atoms with E-state index in [1.165, 1.54) is 23.1 Å². The minimum absolute atomic E-state index is 0.0261. The molecule has 0 aromatic heterocycles. The Morgan fingerprint density at radius 1 is 0.921 bits per heavy atom. The van der Waals surface area contributed by atoms with Crippen LogP contribution in [0.5, 0.6) is 0 Å². The van der Waals surface area contributed by atoms with Crippen LogP contribution in [0.2, 0.25) is 10.0 Å². The van der Waals surface area contributed by atoms with Crippen molar-refractivity contribution in [1.29, 1.82) is 0 Å². The molecule has 0 saturated heterocycles. The van der Waals surface area contributed by atoms with Gasteiger partial charge in [-0.15, -0.1) is 0 Å². The summed E-state index contributed by atoms with van der Waals surface area (Å²) >= 11 is 12.6. The van der Waals surface area contributed by atoms with Crippen LogP contribution in [0.15, 0.2) is 83.8 Å². The van der Waals surface area contributed by atoms with Crippen LogP contribution in [0.4, 0.5) is 5.69 Å². The SMILES string of the molecule is CCCNC(=O)[C@@H](CC)N(Cc1ccccc1Cl)C(=O)CN(c1cccc(Cl)c1)S(=O)(=O)c1ccccc1. The Hall–Kier alpha value is -3.07. The molecule has 2 amide bonds. The monoisotopic (exact) mass is 575 g/mol. The minimum Gasteiger partial charge on any atom is -0.354 e. The fraction of sp³-hybridized carbons (Fsp3) is 0.286. The van der Waals surface area contributed by atoms with Gasteiger partial charge in [0, 0.05) is 23.1 Å². The highest BCUT2D eigenvalue weighted by Gasteiger charge is 2.33. The van der Waals surface area contributed by atoms with Gasteiger partial charge in [0.15, 0.2) is 0 Å². The number of carbonyl (C=O) groups is 2. The van der Waals surface area contributed by atoms with E-state index in [0.717, 1.165) is 10.7 Å². The molecule has 0 saturated carbocycles. The molecule has 10 heteroatoms. The van der Waals surface area contributed by atoms with Gasteiger partial charge in [0.1, 0.15) is 12.6 Å². The van der Waals surface area contributed by atoms with Crippen molar-refractivity contribution in [2.24, 2.45) is 0 Å². The van der Waals surface area contributed by atoms with Crippen LogP contribution in [0, 0.1) is 0 Å². The van der Waals surface area contributed by atoms with Crippen molar-refractivity contribution in [2.75, 3.05) is 17.4 Å². The van der Waals surface area contributed by atoms with Crippen LogP contribution in [0.3, 0.4) is 0 Å². The summed E-state index contributed by atoms with van der Waals surface area (Å²) in [5.41, 5.74) is 0.875. The lowest BCUT2D eigenvalue weighted by atomic mass is 10.1. The predicted molar refractivity (Wildman–Crippen MR) is 152 cm³/mol. The van der Waals surface area contributed by atoms with Crippen molar-refractivity contribution < 1.29 is 18.0 Å². The Kier molecular flexibility index (Phi) is 10.6. The largest absolute Gasteiger partial charge is 0.354 e. The highest BCUT2D eigenvalue weighted by Crippen LogP contribution is 2.27. The lowest BCUT2D eigenvalue weighted by molar-refractivity contribution is -0.140. The summed E-state index contributed by atoms with van der Waals surface area (Å²) in [6.07, 6.45) is 1.06. The molecular formula is C28H31Cl2N3O4S. The van der Waals surface area contributed by atoms with E-state index in [0.29, 0.717) is 28.6 Å². The molecule has 0 spiro atoms. The van der Waals surface area contributed by atoms with E-state index in [4.69, 9.17) is 23.2 Å². The summed E-state index contributed by atoms with van der Waals surface area (Å²) in [5.74, 6) is -0.863. The number of hydrogen-bond acceptors (Lipinski definition) is 4. The summed E-state index contributed by atoms with van der Waals surface area (Å²) in [6.45, 7) is 3.69. The number of nitrogens with one attached hydrogen (secondary N) is 1. The Labute approximate surface area is 234 Å². The van der Waals surface area contributed by atoms with E-state index in [2.05, 4.69) is 5.32 Å². The molecule has 38 heavy (non-hydrogen) atoms. The number of halogens is 2. The topological polar surface area (TPSA) is 86.8 Å². The molecule has 0 aliphatic carbocycles. The van der Waals surface area contributed by atoms with Gasteiger partial charge in [-0.05, 0) is 54.8 Å². The number of benzene rings is 3. The molecule has 3 aromatic rings. The molecule has 0 aliphatic heterocycles. The third-order valence-electron chi connectivity index (χ3n) is 5.94. The lowest BCUT2D eigenvalue weighted by Crippen LogP contribution is -2.52. The molecule has 1 atom stereocenters. The first-order valence-electron chi connectivity index (χ1n) is 12.3. The molecule has 0 heterocycles. The average Bonchev–Trinajstić information content (AvgIpc) is 2.91. The summed E-state index contributed by atoms with van der Waals surface area (Å²) < 4.78 is 28.5. The van der Waals surface area contributed by atoms with Crippen LogP contribution in [-0.4, -0.2) is 44.3 Å². The van der Waals surface area contributed by atoms with Crippen LogP contribution < -0.4 is 9.62 Å². The molecule has 0 bridgehead atoms. The van der Waals surface area contributed by atoms with Crippen molar-refractivity contribution in [3.8, 4) is 0 Å². The van der Waals surface area contributed by atoms with E-state index < -0.39 is 28.5 Å². The zero-order valence-electron chi connectivity index (χ0n) is 21.3. The molecule has 0 radical (unpaired) electrons. The van der Waals surface area contributed by atoms with Crippen molar-refractivity contribution in [3.05, 3.63) is 94.5 Å². The number of anilines is 1. The predicted octanol–water partition coefficient (Wildman–Crippen LogP) is 5.52. The van der Waals surface area contributed by atoms with E-state index in [9.17, 15) is 18.0 Å².